The largest absolute Gasteiger partial charge is 0.356 e. The number of ketones is 6. The van der Waals surface area contributed by atoms with Gasteiger partial charge in [-0.25, -0.2) is 0 Å². The van der Waals surface area contributed by atoms with Crippen LogP contribution in [0, 0.1) is 69.0 Å². The van der Waals surface area contributed by atoms with Crippen LogP contribution >= 0.6 is 24.4 Å². The van der Waals surface area contributed by atoms with E-state index in [4.69, 9.17) is 0 Å². The second kappa shape index (κ2) is 42.1. The zero-order valence-electron chi connectivity index (χ0n) is 59.7. The summed E-state index contributed by atoms with van der Waals surface area (Å²) < 4.78 is 0. The van der Waals surface area contributed by atoms with E-state index in [1.165, 1.54) is 28.8 Å². The number of likely N-dealkylation sites (tertiary alicyclic amines) is 1. The monoisotopic (exact) mass is 1300 g/mol. The molecule has 2 aliphatic heterocycles. The summed E-state index contributed by atoms with van der Waals surface area (Å²) in [6.07, 6.45) is 13.1. The quantitative estimate of drug-likeness (QED) is 0.0294. The van der Waals surface area contributed by atoms with E-state index in [0.29, 0.717) is 78.5 Å². The van der Waals surface area contributed by atoms with Crippen molar-refractivity contribution in [2.24, 2.45) is 69.0 Å². The van der Waals surface area contributed by atoms with E-state index < -0.39 is 10.7 Å². The zero-order valence-corrected chi connectivity index (χ0v) is 61.4. The van der Waals surface area contributed by atoms with Gasteiger partial charge in [-0.05, 0) is 87.9 Å². The minimum absolute atomic E-state index is 0.0497. The standard InChI is InChI=1S/C36H62N2O6S.C25H40N2O5.C11H22OS/c1-24(2)20-26(32(42)35(5,6)7)14-11-12-18-37-30(40)16-13-15-28(39)17-19-38-31(41)22-29(34(38)44)45-23-27(21-25(3)4)33(43)36(8,9)10;1-18(2)17-19(24(32)25(3,4)5)9-6-7-15-26-21(29)11-8-10-20(28)14-16-27-22(30)12-13-23(27)31;1-8(2)6-9(7-13)10(12)11(3,4)5/h24-27,29H,11-23H2,1-10H3,(H,37,40);12-13,18-19H,6-11,14-17H2,1-5H3,(H,26,29);8-9,13H,6-7H2,1-5H3. The Bertz CT molecular complexity index is 2350. The van der Waals surface area contributed by atoms with Crippen molar-refractivity contribution in [3.8, 4) is 0 Å². The smallest absolute Gasteiger partial charge is 0.253 e. The van der Waals surface area contributed by atoms with Crippen LogP contribution in [0.2, 0.25) is 0 Å². The maximum absolute atomic E-state index is 13.0. The molecule has 2 heterocycles. The molecule has 6 amide bonds. The first-order valence-corrected chi connectivity index (χ1v) is 35.5. The first kappa shape index (κ1) is 85.7. The molecule has 1 fully saturated rings. The second-order valence-corrected chi connectivity index (χ2v) is 32.6. The van der Waals surface area contributed by atoms with Crippen molar-refractivity contribution in [3.63, 3.8) is 0 Å². The molecule has 5 atom stereocenters. The minimum Gasteiger partial charge on any atom is -0.356 e. The third kappa shape index (κ3) is 36.2. The molecule has 16 nitrogen and oxygen atoms in total. The number of nitrogens with one attached hydrogen (secondary N) is 2. The number of hydrogen-bond donors (Lipinski definition) is 3. The van der Waals surface area contributed by atoms with Crippen molar-refractivity contribution in [1.29, 1.82) is 0 Å². The topological polar surface area (TPSA) is 235 Å². The van der Waals surface area contributed by atoms with Crippen LogP contribution < -0.4 is 10.6 Å². The lowest BCUT2D eigenvalue weighted by atomic mass is 9.77. The molecule has 0 bridgehead atoms. The van der Waals surface area contributed by atoms with Crippen molar-refractivity contribution < 1.29 is 57.5 Å². The van der Waals surface area contributed by atoms with Crippen molar-refractivity contribution in [3.05, 3.63) is 12.2 Å². The maximum Gasteiger partial charge on any atom is 0.253 e. The summed E-state index contributed by atoms with van der Waals surface area (Å²) in [5.41, 5.74) is -1.37. The molecular weight excluding hydrogens is 1180 g/mol. The number of unbranched alkanes of at least 4 members (excludes halogenated alkanes) is 2. The van der Waals surface area contributed by atoms with E-state index in [-0.39, 0.29) is 151 Å². The Kier molecular flexibility index (Phi) is 40.1. The molecule has 0 aromatic carbocycles. The van der Waals surface area contributed by atoms with Crippen LogP contribution in [0.5, 0.6) is 0 Å². The Morgan fingerprint density at radius 3 is 1.16 bits per heavy atom. The number of amides is 6. The van der Waals surface area contributed by atoms with Gasteiger partial charge in [0.2, 0.25) is 23.6 Å². The zero-order chi connectivity index (χ0) is 69.5. The van der Waals surface area contributed by atoms with Crippen molar-refractivity contribution in [2.75, 3.05) is 37.7 Å². The lowest BCUT2D eigenvalue weighted by molar-refractivity contribution is -0.140. The molecule has 0 aliphatic carbocycles. The molecule has 18 heteroatoms. The van der Waals surface area contributed by atoms with E-state index in [9.17, 15) is 57.5 Å². The summed E-state index contributed by atoms with van der Waals surface area (Å²) in [6.45, 7) is 41.7. The summed E-state index contributed by atoms with van der Waals surface area (Å²) in [5, 5.41) is 5.28. The van der Waals surface area contributed by atoms with Crippen LogP contribution in [0.1, 0.15) is 260 Å². The third-order valence-corrected chi connectivity index (χ3v) is 17.6. The molecular formula is C72H124N4O12S2. The lowest BCUT2D eigenvalue weighted by Gasteiger charge is -2.26. The first-order valence-electron chi connectivity index (χ1n) is 33.8. The number of carbonyl (C=O) groups is 12. The summed E-state index contributed by atoms with van der Waals surface area (Å²) in [4.78, 5) is 150. The molecule has 5 unspecified atom stereocenters. The Labute approximate surface area is 554 Å². The van der Waals surface area contributed by atoms with E-state index in [0.717, 1.165) is 69.1 Å². The molecule has 0 spiro atoms. The van der Waals surface area contributed by atoms with Crippen LogP contribution in [-0.2, 0) is 57.5 Å². The molecule has 2 rings (SSSR count). The van der Waals surface area contributed by atoms with Gasteiger partial charge in [-0.15, -0.1) is 11.8 Å². The Morgan fingerprint density at radius 2 is 0.800 bits per heavy atom. The van der Waals surface area contributed by atoms with Crippen molar-refractivity contribution in [1.82, 2.24) is 20.4 Å². The first-order chi connectivity index (χ1) is 41.4. The molecule has 516 valence electrons. The second-order valence-electron chi connectivity index (χ2n) is 31.0. The van der Waals surface area contributed by atoms with Gasteiger partial charge in [0.25, 0.3) is 11.8 Å². The number of thioether (sulfide) groups is 1. The van der Waals surface area contributed by atoms with E-state index >= 15 is 0 Å². The van der Waals surface area contributed by atoms with Crippen LogP contribution in [-0.4, -0.2) is 123 Å². The summed E-state index contributed by atoms with van der Waals surface area (Å²) in [5.74, 6) is 2.59. The highest BCUT2D eigenvalue weighted by atomic mass is 32.2. The molecule has 90 heavy (non-hydrogen) atoms. The van der Waals surface area contributed by atoms with Gasteiger partial charge in [0, 0.05) is 140 Å². The van der Waals surface area contributed by atoms with Gasteiger partial charge >= 0.3 is 0 Å². The molecule has 1 saturated heterocycles. The van der Waals surface area contributed by atoms with Gasteiger partial charge in [0.15, 0.2) is 0 Å². The van der Waals surface area contributed by atoms with Crippen LogP contribution in [0.25, 0.3) is 0 Å². The van der Waals surface area contributed by atoms with E-state index in [1.807, 2.05) is 83.1 Å². The predicted molar refractivity (Wildman–Crippen MR) is 368 cm³/mol. The number of hydrogen-bond acceptors (Lipinski definition) is 14. The average Bonchev–Trinajstić information content (AvgIpc) is 2.25. The fraction of sp³-hybridized carbons (Fsp3) is 0.806. The van der Waals surface area contributed by atoms with Gasteiger partial charge in [-0.3, -0.25) is 67.3 Å². The van der Waals surface area contributed by atoms with Crippen LogP contribution in [0.3, 0.4) is 0 Å². The van der Waals surface area contributed by atoms with Crippen molar-refractivity contribution >= 4 is 94.5 Å². The molecule has 0 aromatic rings. The molecule has 2 aliphatic rings. The SMILES string of the molecule is CC(C)CC(CCCCNC(=O)CCCC(=O)CCN1C(=O)C=CC1=O)C(=O)C(C)(C)C.CC(C)CC(CCCCNC(=O)CCCC(=O)CCN1C(=O)CC(SCC(CC(C)C)C(=O)C(C)(C)C)C1=O)C(=O)C(C)(C)C.CC(C)CC(CS)C(=O)C(C)(C)C. The number of Topliss-reactive ketones (excluding diaryl/α,β-unsaturated/α-hetero) is 6. The summed E-state index contributed by atoms with van der Waals surface area (Å²) in [6, 6.07) is 0. The number of nitrogens with zero attached hydrogens (tertiary/aromatic N) is 2. The summed E-state index contributed by atoms with van der Waals surface area (Å²) in [7, 11) is 0. The van der Waals surface area contributed by atoms with Gasteiger partial charge in [-0.2, -0.15) is 12.6 Å². The molecule has 2 N–H and O–H groups in total. The molecule has 0 saturated carbocycles. The fourth-order valence-corrected chi connectivity index (χ4v) is 12.7. The Balaban J connectivity index is 0.00000152. The number of rotatable bonds is 40. The Hall–Kier alpha value is -4.32. The van der Waals surface area contributed by atoms with Gasteiger partial charge in [0.05, 0.1) is 5.25 Å². The number of imide groups is 2. The highest BCUT2D eigenvalue weighted by Gasteiger charge is 2.41. The summed E-state index contributed by atoms with van der Waals surface area (Å²) >= 11 is 5.62. The number of carbonyl (C=O) groups excluding carboxylic acids is 12. The third-order valence-electron chi connectivity index (χ3n) is 15.8. The van der Waals surface area contributed by atoms with Gasteiger partial charge in [-0.1, -0.05) is 151 Å². The Morgan fingerprint density at radius 1 is 0.467 bits per heavy atom. The lowest BCUT2D eigenvalue weighted by Crippen LogP contribution is -2.34. The molecule has 0 aromatic heterocycles. The van der Waals surface area contributed by atoms with Gasteiger partial charge in [0.1, 0.15) is 34.7 Å². The van der Waals surface area contributed by atoms with E-state index in [1.54, 1.807) is 0 Å². The van der Waals surface area contributed by atoms with Crippen LogP contribution in [0.4, 0.5) is 0 Å². The maximum atomic E-state index is 13.0. The highest BCUT2D eigenvalue weighted by molar-refractivity contribution is 8.00. The van der Waals surface area contributed by atoms with E-state index in [2.05, 4.69) is 78.7 Å². The number of thiol groups is 1. The fourth-order valence-electron chi connectivity index (χ4n) is 11.1. The van der Waals surface area contributed by atoms with Crippen molar-refractivity contribution in [2.45, 2.75) is 266 Å². The molecule has 0 radical (unpaired) electrons. The van der Waals surface area contributed by atoms with Crippen LogP contribution in [0.15, 0.2) is 12.2 Å². The normalized spacial score (nSPS) is 16.0. The highest BCUT2D eigenvalue weighted by Crippen LogP contribution is 2.34. The average molecular weight is 1300 g/mol. The minimum atomic E-state index is -0.515. The predicted octanol–water partition coefficient (Wildman–Crippen LogP) is 13.6. The van der Waals surface area contributed by atoms with Gasteiger partial charge < -0.3 is 10.6 Å².